The largest absolute Gasteiger partial charge is 0.475 e. The van der Waals surface area contributed by atoms with Gasteiger partial charge in [0.1, 0.15) is 5.75 Å². The van der Waals surface area contributed by atoms with Crippen LogP contribution in [0.4, 0.5) is 0 Å². The van der Waals surface area contributed by atoms with Crippen molar-refractivity contribution in [3.8, 4) is 0 Å². The first-order valence-electron chi connectivity index (χ1n) is 6.24. The lowest BCUT2D eigenvalue weighted by Gasteiger charge is -2.11. The molecule has 0 unspecified atom stereocenters. The molecule has 1 aromatic heterocycles. The lowest BCUT2D eigenvalue weighted by Crippen LogP contribution is -2.36. The highest BCUT2D eigenvalue weighted by molar-refractivity contribution is 7.92. The summed E-state index contributed by atoms with van der Waals surface area (Å²) in [7, 11) is -3.96. The van der Waals surface area contributed by atoms with E-state index < -0.39 is 38.3 Å². The number of carbonyl (C=O) groups excluding carboxylic acids is 1. The first-order valence-corrected chi connectivity index (χ1v) is 7.89. The molecule has 0 bridgehead atoms. The van der Waals surface area contributed by atoms with Gasteiger partial charge in [0.25, 0.3) is 0 Å². The zero-order valence-electron chi connectivity index (χ0n) is 10.7. The van der Waals surface area contributed by atoms with Crippen LogP contribution in [0.1, 0.15) is 36.2 Å². The lowest BCUT2D eigenvalue weighted by molar-refractivity contribution is -0.119. The maximum Gasteiger partial charge on any atom is 0.371 e. The van der Waals surface area contributed by atoms with Crippen molar-refractivity contribution in [3.63, 3.8) is 0 Å². The Morgan fingerprint density at radius 3 is 2.50 bits per heavy atom. The summed E-state index contributed by atoms with van der Waals surface area (Å²) in [6.07, 6.45) is 3.76. The van der Waals surface area contributed by atoms with E-state index in [0.29, 0.717) is 0 Å². The number of aromatic carboxylic acids is 1. The van der Waals surface area contributed by atoms with E-state index in [1.54, 1.807) is 0 Å². The predicted octanol–water partition coefficient (Wildman–Crippen LogP) is 0.810. The quantitative estimate of drug-likeness (QED) is 0.832. The average Bonchev–Trinajstić information content (AvgIpc) is 2.97. The zero-order valence-corrected chi connectivity index (χ0v) is 11.5. The van der Waals surface area contributed by atoms with Gasteiger partial charge in [0.15, 0.2) is 0 Å². The first kappa shape index (κ1) is 14.6. The molecule has 0 spiro atoms. The number of carbonyl (C=O) groups is 2. The molecule has 1 aliphatic rings. The number of nitrogens with one attached hydrogen (secondary N) is 1. The third-order valence-electron chi connectivity index (χ3n) is 3.14. The van der Waals surface area contributed by atoms with Crippen molar-refractivity contribution >= 4 is 21.7 Å². The molecule has 0 saturated heterocycles. The summed E-state index contributed by atoms with van der Waals surface area (Å²) < 4.78 is 28.5. The van der Waals surface area contributed by atoms with Gasteiger partial charge >= 0.3 is 5.97 Å². The number of sulfone groups is 1. The molecule has 1 heterocycles. The number of amides is 1. The molecule has 110 valence electrons. The van der Waals surface area contributed by atoms with Crippen LogP contribution in [0.25, 0.3) is 0 Å². The molecule has 0 atom stereocenters. The van der Waals surface area contributed by atoms with Crippen molar-refractivity contribution in [2.24, 2.45) is 0 Å². The van der Waals surface area contributed by atoms with E-state index in [0.717, 1.165) is 37.8 Å². The maximum absolute atomic E-state index is 11.9. The molecule has 2 N–H and O–H groups in total. The van der Waals surface area contributed by atoms with E-state index >= 15 is 0 Å². The van der Waals surface area contributed by atoms with Crippen LogP contribution in [0.5, 0.6) is 0 Å². The number of carboxylic acid groups (broad SMARTS) is 1. The van der Waals surface area contributed by atoms with E-state index in [4.69, 9.17) is 9.52 Å². The average molecular weight is 301 g/mol. The summed E-state index contributed by atoms with van der Waals surface area (Å²) >= 11 is 0. The van der Waals surface area contributed by atoms with Gasteiger partial charge in [-0.05, 0) is 25.0 Å². The standard InChI is InChI=1S/C12H15NO6S/c14-10(13-8-3-1-2-4-8)7-20(17,18)11-6-5-9(19-11)12(15)16/h5-6,8H,1-4,7H2,(H,13,14)(H,15,16). The topological polar surface area (TPSA) is 114 Å². The fourth-order valence-electron chi connectivity index (χ4n) is 2.19. The third-order valence-corrected chi connectivity index (χ3v) is 4.61. The molecule has 1 amide bonds. The van der Waals surface area contributed by atoms with Crippen LogP contribution in [-0.4, -0.2) is 37.2 Å². The van der Waals surface area contributed by atoms with Gasteiger partial charge in [0, 0.05) is 6.04 Å². The summed E-state index contributed by atoms with van der Waals surface area (Å²) in [4.78, 5) is 22.3. The molecule has 0 aliphatic heterocycles. The molecule has 8 heteroatoms. The van der Waals surface area contributed by atoms with Gasteiger partial charge in [-0.3, -0.25) is 4.79 Å². The van der Waals surface area contributed by atoms with E-state index in [-0.39, 0.29) is 6.04 Å². The summed E-state index contributed by atoms with van der Waals surface area (Å²) in [5.41, 5.74) is 0. The van der Waals surface area contributed by atoms with Crippen LogP contribution < -0.4 is 5.32 Å². The molecule has 20 heavy (non-hydrogen) atoms. The van der Waals surface area contributed by atoms with Gasteiger partial charge in [-0.25, -0.2) is 13.2 Å². The van der Waals surface area contributed by atoms with Crippen molar-refractivity contribution in [1.29, 1.82) is 0 Å². The highest BCUT2D eigenvalue weighted by Gasteiger charge is 2.26. The SMILES string of the molecule is O=C(CS(=O)(=O)c1ccc(C(=O)O)o1)NC1CCCC1. The molecule has 1 aliphatic carbocycles. The fourth-order valence-corrected chi connectivity index (χ4v) is 3.25. The second-order valence-electron chi connectivity index (χ2n) is 4.73. The molecule has 2 rings (SSSR count). The molecule has 0 radical (unpaired) electrons. The zero-order chi connectivity index (χ0) is 14.8. The molecule has 1 aromatic rings. The Morgan fingerprint density at radius 2 is 1.95 bits per heavy atom. The van der Waals surface area contributed by atoms with Gasteiger partial charge < -0.3 is 14.8 Å². The van der Waals surface area contributed by atoms with Gasteiger partial charge in [-0.2, -0.15) is 0 Å². The molecule has 1 fully saturated rings. The summed E-state index contributed by atoms with van der Waals surface area (Å²) in [6.45, 7) is 0. The minimum Gasteiger partial charge on any atom is -0.475 e. The minimum atomic E-state index is -3.96. The van der Waals surface area contributed by atoms with E-state index in [2.05, 4.69) is 5.32 Å². The first-order chi connectivity index (χ1) is 9.38. The summed E-state index contributed by atoms with van der Waals surface area (Å²) in [6, 6.07) is 2.12. The number of rotatable bonds is 5. The van der Waals surface area contributed by atoms with Gasteiger partial charge in [-0.1, -0.05) is 12.8 Å². The Bertz CT molecular complexity index is 612. The maximum atomic E-state index is 11.9. The Labute approximate surface area is 115 Å². The van der Waals surface area contributed by atoms with E-state index in [1.165, 1.54) is 0 Å². The number of hydrogen-bond donors (Lipinski definition) is 2. The fraction of sp³-hybridized carbons (Fsp3) is 0.500. The highest BCUT2D eigenvalue weighted by Crippen LogP contribution is 2.18. The van der Waals surface area contributed by atoms with Crippen molar-refractivity contribution in [2.45, 2.75) is 36.8 Å². The molecule has 0 aromatic carbocycles. The molecule has 1 saturated carbocycles. The summed E-state index contributed by atoms with van der Waals surface area (Å²) in [5.74, 6) is -3.16. The number of hydrogen-bond acceptors (Lipinski definition) is 5. The normalized spacial score (nSPS) is 16.2. The van der Waals surface area contributed by atoms with E-state index in [9.17, 15) is 18.0 Å². The van der Waals surface area contributed by atoms with Crippen molar-refractivity contribution in [3.05, 3.63) is 17.9 Å². The predicted molar refractivity (Wildman–Crippen MR) is 68.1 cm³/mol. The second-order valence-corrected chi connectivity index (χ2v) is 6.65. The summed E-state index contributed by atoms with van der Waals surface area (Å²) in [5, 5.41) is 10.8. The second kappa shape index (κ2) is 5.66. The Kier molecular flexibility index (Phi) is 4.12. The van der Waals surface area contributed by atoms with Crippen LogP contribution >= 0.6 is 0 Å². The Hall–Kier alpha value is -1.83. The van der Waals surface area contributed by atoms with Crippen LogP contribution in [0.3, 0.4) is 0 Å². The van der Waals surface area contributed by atoms with Crippen LogP contribution in [-0.2, 0) is 14.6 Å². The monoisotopic (exact) mass is 301 g/mol. The molecular weight excluding hydrogens is 286 g/mol. The van der Waals surface area contributed by atoms with E-state index in [1.807, 2.05) is 0 Å². The smallest absolute Gasteiger partial charge is 0.371 e. The third kappa shape index (κ3) is 3.38. The van der Waals surface area contributed by atoms with Crippen molar-refractivity contribution in [1.82, 2.24) is 5.32 Å². The van der Waals surface area contributed by atoms with Gasteiger partial charge in [0.2, 0.25) is 26.6 Å². The minimum absolute atomic E-state index is 0.0314. The van der Waals surface area contributed by atoms with Crippen LogP contribution in [0.2, 0.25) is 0 Å². The van der Waals surface area contributed by atoms with Gasteiger partial charge in [-0.15, -0.1) is 0 Å². The van der Waals surface area contributed by atoms with Crippen molar-refractivity contribution in [2.75, 3.05) is 5.75 Å². The molecular formula is C12H15NO6S. The highest BCUT2D eigenvalue weighted by atomic mass is 32.2. The van der Waals surface area contributed by atoms with Crippen LogP contribution in [0, 0.1) is 0 Å². The number of furan rings is 1. The number of carboxylic acids is 1. The van der Waals surface area contributed by atoms with Crippen molar-refractivity contribution < 1.29 is 27.5 Å². The Morgan fingerprint density at radius 1 is 1.30 bits per heavy atom. The van der Waals surface area contributed by atoms with Crippen LogP contribution in [0.15, 0.2) is 21.6 Å². The Balaban J connectivity index is 2.02. The lowest BCUT2D eigenvalue weighted by atomic mass is 10.2. The molecule has 7 nitrogen and oxygen atoms in total. The van der Waals surface area contributed by atoms with Gasteiger partial charge in [0.05, 0.1) is 0 Å².